The predicted octanol–water partition coefficient (Wildman–Crippen LogP) is 0.977. The van der Waals surface area contributed by atoms with E-state index in [9.17, 15) is 13.2 Å². The maximum Gasteiger partial charge on any atom is 0.255 e. The summed E-state index contributed by atoms with van der Waals surface area (Å²) in [5, 5.41) is 0. The molecule has 2 aliphatic rings. The Morgan fingerprint density at radius 1 is 1.21 bits per heavy atom. The van der Waals surface area contributed by atoms with E-state index in [2.05, 4.69) is 9.88 Å². The number of ether oxygens (including phenoxy) is 1. The summed E-state index contributed by atoms with van der Waals surface area (Å²) in [6.45, 7) is 5.77. The van der Waals surface area contributed by atoms with E-state index in [0.29, 0.717) is 37.8 Å². The van der Waals surface area contributed by atoms with E-state index in [0.717, 1.165) is 38.0 Å². The van der Waals surface area contributed by atoms with Crippen LogP contribution in [0.2, 0.25) is 0 Å². The highest BCUT2D eigenvalue weighted by Crippen LogP contribution is 2.24. The lowest BCUT2D eigenvalue weighted by Crippen LogP contribution is -2.50. The lowest BCUT2D eigenvalue weighted by molar-refractivity contribution is 0.0158. The van der Waals surface area contributed by atoms with Crippen LogP contribution in [0, 0.1) is 6.92 Å². The molecule has 9 heteroatoms. The van der Waals surface area contributed by atoms with E-state index in [-0.39, 0.29) is 11.9 Å². The first-order valence-electron chi connectivity index (χ1n) is 10.2. The number of nitrogens with zero attached hydrogens (tertiary/aromatic N) is 4. The Bertz CT molecular complexity index is 810. The molecule has 1 atom stereocenters. The number of aromatic nitrogens is 1. The van der Waals surface area contributed by atoms with Crippen molar-refractivity contribution in [1.29, 1.82) is 0 Å². The highest BCUT2D eigenvalue weighted by Gasteiger charge is 2.36. The number of aryl methyl sites for hydroxylation is 1. The van der Waals surface area contributed by atoms with E-state index >= 15 is 0 Å². The molecule has 0 spiro atoms. The highest BCUT2D eigenvalue weighted by atomic mass is 32.2. The third kappa shape index (κ3) is 5.75. The van der Waals surface area contributed by atoms with Gasteiger partial charge < -0.3 is 9.64 Å². The Morgan fingerprint density at radius 2 is 1.93 bits per heavy atom. The molecule has 0 N–H and O–H groups in total. The number of sulfonamides is 1. The first-order valence-corrected chi connectivity index (χ1v) is 12.1. The second-order valence-electron chi connectivity index (χ2n) is 8.12. The van der Waals surface area contributed by atoms with Crippen LogP contribution in [0.1, 0.15) is 35.2 Å². The maximum atomic E-state index is 12.8. The number of amides is 1. The van der Waals surface area contributed by atoms with Gasteiger partial charge in [0.1, 0.15) is 0 Å². The first-order chi connectivity index (χ1) is 13.8. The molecule has 2 fully saturated rings. The number of carbonyl (C=O) groups excluding carboxylic acids is 1. The molecule has 1 unspecified atom stereocenters. The van der Waals surface area contributed by atoms with E-state index in [1.165, 1.54) is 6.26 Å². The smallest absolute Gasteiger partial charge is 0.255 e. The molecule has 29 heavy (non-hydrogen) atoms. The summed E-state index contributed by atoms with van der Waals surface area (Å²) in [5.74, 6) is -0.0442. The summed E-state index contributed by atoms with van der Waals surface area (Å²) in [7, 11) is -1.36. The average molecular weight is 425 g/mol. The van der Waals surface area contributed by atoms with Crippen molar-refractivity contribution in [2.45, 2.75) is 38.3 Å². The van der Waals surface area contributed by atoms with E-state index in [1.54, 1.807) is 21.6 Å². The van der Waals surface area contributed by atoms with Crippen LogP contribution in [0.5, 0.6) is 0 Å². The summed E-state index contributed by atoms with van der Waals surface area (Å²) >= 11 is 0. The third-order valence-corrected chi connectivity index (χ3v) is 7.16. The Balaban J connectivity index is 1.66. The van der Waals surface area contributed by atoms with Crippen molar-refractivity contribution in [3.05, 3.63) is 29.6 Å². The largest absolute Gasteiger partial charge is 0.381 e. The zero-order valence-corrected chi connectivity index (χ0v) is 18.4. The van der Waals surface area contributed by atoms with Gasteiger partial charge in [0.25, 0.3) is 5.91 Å². The molecule has 0 aliphatic carbocycles. The van der Waals surface area contributed by atoms with E-state index in [1.807, 2.05) is 20.0 Å². The molecule has 2 saturated heterocycles. The van der Waals surface area contributed by atoms with Gasteiger partial charge in [0.2, 0.25) is 10.0 Å². The molecule has 3 heterocycles. The van der Waals surface area contributed by atoms with Crippen molar-refractivity contribution in [2.24, 2.45) is 0 Å². The van der Waals surface area contributed by atoms with Crippen molar-refractivity contribution < 1.29 is 17.9 Å². The third-order valence-electron chi connectivity index (χ3n) is 5.89. The van der Waals surface area contributed by atoms with Crippen molar-refractivity contribution in [2.75, 3.05) is 52.7 Å². The van der Waals surface area contributed by atoms with Crippen LogP contribution in [0.3, 0.4) is 0 Å². The second kappa shape index (κ2) is 9.51. The first kappa shape index (κ1) is 22.1. The second-order valence-corrected chi connectivity index (χ2v) is 10.1. The van der Waals surface area contributed by atoms with Crippen LogP contribution in [0.4, 0.5) is 0 Å². The fourth-order valence-electron chi connectivity index (χ4n) is 4.22. The van der Waals surface area contributed by atoms with Crippen molar-refractivity contribution in [3.8, 4) is 0 Å². The normalized spacial score (nSPS) is 21.6. The zero-order valence-electron chi connectivity index (χ0n) is 17.6. The van der Waals surface area contributed by atoms with Gasteiger partial charge in [-0.15, -0.1) is 0 Å². The molecule has 1 aromatic heterocycles. The van der Waals surface area contributed by atoms with Gasteiger partial charge in [-0.05, 0) is 37.8 Å². The van der Waals surface area contributed by atoms with Crippen molar-refractivity contribution >= 4 is 15.9 Å². The molecular weight excluding hydrogens is 392 g/mol. The van der Waals surface area contributed by atoms with Crippen LogP contribution < -0.4 is 0 Å². The van der Waals surface area contributed by atoms with Crippen LogP contribution in [-0.4, -0.2) is 98.2 Å². The Morgan fingerprint density at radius 3 is 2.55 bits per heavy atom. The number of carbonyl (C=O) groups is 1. The van der Waals surface area contributed by atoms with Crippen LogP contribution in [0.15, 0.2) is 18.5 Å². The van der Waals surface area contributed by atoms with Gasteiger partial charge in [-0.25, -0.2) is 12.7 Å². The Labute approximate surface area is 173 Å². The zero-order chi connectivity index (χ0) is 21.0. The molecule has 3 rings (SSSR count). The molecule has 1 amide bonds. The summed E-state index contributed by atoms with van der Waals surface area (Å²) in [6, 6.07) is 2.39. The molecule has 162 valence electrons. The minimum Gasteiger partial charge on any atom is -0.381 e. The van der Waals surface area contributed by atoms with Gasteiger partial charge in [-0.1, -0.05) is 0 Å². The predicted molar refractivity (Wildman–Crippen MR) is 111 cm³/mol. The minimum atomic E-state index is -3.17. The van der Waals surface area contributed by atoms with Crippen LogP contribution in [0.25, 0.3) is 0 Å². The van der Waals surface area contributed by atoms with Gasteiger partial charge in [0.15, 0.2) is 0 Å². The number of hydrogen-bond donors (Lipinski definition) is 0. The molecule has 0 aromatic carbocycles. The van der Waals surface area contributed by atoms with Crippen LogP contribution in [-0.2, 0) is 14.8 Å². The SMILES string of the molecule is Cc1cncc(C(=O)N(C)CCN(C2CCOCC2)C2CCN(S(C)(=O)=O)C2)c1. The van der Waals surface area contributed by atoms with Gasteiger partial charge in [0.05, 0.1) is 11.8 Å². The maximum absolute atomic E-state index is 12.8. The number of pyridine rings is 1. The molecule has 2 aliphatic heterocycles. The fraction of sp³-hybridized carbons (Fsp3) is 0.700. The highest BCUT2D eigenvalue weighted by molar-refractivity contribution is 7.88. The van der Waals surface area contributed by atoms with Gasteiger partial charge in [-0.3, -0.25) is 14.7 Å². The van der Waals surface area contributed by atoms with Crippen molar-refractivity contribution in [1.82, 2.24) is 19.1 Å². The summed E-state index contributed by atoms with van der Waals surface area (Å²) < 4.78 is 31.0. The lowest BCUT2D eigenvalue weighted by Gasteiger charge is -2.39. The quantitative estimate of drug-likeness (QED) is 0.649. The number of rotatable bonds is 7. The average Bonchev–Trinajstić information content (AvgIpc) is 3.19. The van der Waals surface area contributed by atoms with Crippen LogP contribution >= 0.6 is 0 Å². The Kier molecular flexibility index (Phi) is 7.26. The summed E-state index contributed by atoms with van der Waals surface area (Å²) in [4.78, 5) is 21.0. The van der Waals surface area contributed by atoms with Gasteiger partial charge in [0, 0.05) is 70.9 Å². The van der Waals surface area contributed by atoms with Crippen molar-refractivity contribution in [3.63, 3.8) is 0 Å². The van der Waals surface area contributed by atoms with Gasteiger partial charge >= 0.3 is 0 Å². The van der Waals surface area contributed by atoms with Gasteiger partial charge in [-0.2, -0.15) is 0 Å². The molecule has 1 aromatic rings. The minimum absolute atomic E-state index is 0.0442. The standard InChI is InChI=1S/C20H32N4O4S/c1-16-12-17(14-21-13-16)20(25)22(2)8-9-24(18-5-10-28-11-6-18)19-4-7-23(15-19)29(3,26)27/h12-14,18-19H,4-11,15H2,1-3H3. The monoisotopic (exact) mass is 424 g/mol. The topological polar surface area (TPSA) is 83.1 Å². The summed E-state index contributed by atoms with van der Waals surface area (Å²) in [5.41, 5.74) is 1.55. The molecule has 0 bridgehead atoms. The Hall–Kier alpha value is -1.55. The molecule has 8 nitrogen and oxygen atoms in total. The lowest BCUT2D eigenvalue weighted by atomic mass is 10.0. The number of likely N-dealkylation sites (N-methyl/N-ethyl adjacent to an activating group) is 1. The molecule has 0 radical (unpaired) electrons. The van der Waals surface area contributed by atoms with E-state index < -0.39 is 10.0 Å². The summed E-state index contributed by atoms with van der Waals surface area (Å²) in [6.07, 6.45) is 7.31. The fourth-order valence-corrected chi connectivity index (χ4v) is 5.10. The molecular formula is C20H32N4O4S. The molecule has 0 saturated carbocycles. The number of hydrogen-bond acceptors (Lipinski definition) is 6. The van der Waals surface area contributed by atoms with E-state index in [4.69, 9.17) is 4.74 Å².